The molecule has 1 saturated heterocycles. The summed E-state index contributed by atoms with van der Waals surface area (Å²) >= 11 is 3.34. The van der Waals surface area contributed by atoms with Crippen LogP contribution in [0.25, 0.3) is 0 Å². The second kappa shape index (κ2) is 5.97. The summed E-state index contributed by atoms with van der Waals surface area (Å²) in [4.78, 5) is 22.6. The van der Waals surface area contributed by atoms with Crippen molar-refractivity contribution in [3.05, 3.63) is 28.7 Å². The molecule has 0 spiro atoms. The molecule has 0 bridgehead atoms. The summed E-state index contributed by atoms with van der Waals surface area (Å²) in [6.45, 7) is 0.787. The first kappa shape index (κ1) is 13.0. The van der Waals surface area contributed by atoms with Crippen LogP contribution in [-0.2, 0) is 9.59 Å². The zero-order chi connectivity index (χ0) is 13.0. The van der Waals surface area contributed by atoms with Crippen LogP contribution in [0.3, 0.4) is 0 Å². The average molecular weight is 312 g/mol. The molecular weight excluding hydrogens is 298 g/mol. The molecule has 1 aliphatic heterocycles. The van der Waals surface area contributed by atoms with Gasteiger partial charge in [0, 0.05) is 29.2 Å². The molecule has 2 rings (SSSR count). The highest BCUT2D eigenvalue weighted by atomic mass is 79.9. The van der Waals surface area contributed by atoms with Crippen molar-refractivity contribution < 1.29 is 9.59 Å². The Morgan fingerprint density at radius 2 is 2.33 bits per heavy atom. The number of amides is 2. The quantitative estimate of drug-likeness (QED) is 0.772. The maximum absolute atomic E-state index is 11.7. The fourth-order valence-electron chi connectivity index (χ4n) is 1.76. The summed E-state index contributed by atoms with van der Waals surface area (Å²) in [6, 6.07) is 7.45. The molecular formula is C12H14BrN3O2. The van der Waals surface area contributed by atoms with Gasteiger partial charge in [-0.2, -0.15) is 0 Å². The number of nitrogens with one attached hydrogen (secondary N) is 3. The van der Waals surface area contributed by atoms with E-state index in [2.05, 4.69) is 31.9 Å². The first-order valence-electron chi connectivity index (χ1n) is 5.69. The van der Waals surface area contributed by atoms with Gasteiger partial charge in [0.15, 0.2) is 0 Å². The number of halogens is 1. The summed E-state index contributed by atoms with van der Waals surface area (Å²) < 4.78 is 0.916. The van der Waals surface area contributed by atoms with Gasteiger partial charge in [0.1, 0.15) is 0 Å². The minimum absolute atomic E-state index is 0.0277. The Morgan fingerprint density at radius 1 is 1.50 bits per heavy atom. The number of benzene rings is 1. The Balaban J connectivity index is 1.77. The molecule has 0 radical (unpaired) electrons. The van der Waals surface area contributed by atoms with E-state index in [0.717, 1.165) is 10.2 Å². The number of carbonyl (C=O) groups is 2. The van der Waals surface area contributed by atoms with Gasteiger partial charge in [-0.1, -0.05) is 22.0 Å². The van der Waals surface area contributed by atoms with Gasteiger partial charge < -0.3 is 16.0 Å². The van der Waals surface area contributed by atoms with Crippen LogP contribution in [0.1, 0.15) is 6.42 Å². The molecule has 0 saturated carbocycles. The van der Waals surface area contributed by atoms with Crippen molar-refractivity contribution in [2.45, 2.75) is 12.5 Å². The van der Waals surface area contributed by atoms with Crippen molar-refractivity contribution in [2.75, 3.05) is 18.4 Å². The molecule has 1 aromatic carbocycles. The Hall–Kier alpha value is -1.40. The maximum atomic E-state index is 11.7. The van der Waals surface area contributed by atoms with E-state index >= 15 is 0 Å². The third-order valence-electron chi connectivity index (χ3n) is 2.64. The molecule has 1 heterocycles. The van der Waals surface area contributed by atoms with E-state index in [4.69, 9.17) is 0 Å². The first-order chi connectivity index (χ1) is 8.63. The lowest BCUT2D eigenvalue weighted by Gasteiger charge is -2.10. The minimum atomic E-state index is -0.118. The molecule has 18 heavy (non-hydrogen) atoms. The molecule has 1 atom stereocenters. The molecule has 1 unspecified atom stereocenters. The number of carbonyl (C=O) groups excluding carboxylic acids is 2. The molecule has 3 N–H and O–H groups in total. The zero-order valence-corrected chi connectivity index (χ0v) is 11.3. The van der Waals surface area contributed by atoms with E-state index < -0.39 is 0 Å². The normalized spacial score (nSPS) is 18.5. The van der Waals surface area contributed by atoms with Crippen LogP contribution in [0.2, 0.25) is 0 Å². The van der Waals surface area contributed by atoms with E-state index in [1.54, 1.807) is 0 Å². The van der Waals surface area contributed by atoms with Gasteiger partial charge in [0.05, 0.1) is 6.54 Å². The number of rotatable bonds is 4. The monoisotopic (exact) mass is 311 g/mol. The van der Waals surface area contributed by atoms with Crippen molar-refractivity contribution >= 4 is 33.4 Å². The average Bonchev–Trinajstić information content (AvgIpc) is 2.73. The van der Waals surface area contributed by atoms with Crippen molar-refractivity contribution in [1.29, 1.82) is 0 Å². The second-order valence-electron chi connectivity index (χ2n) is 4.14. The van der Waals surface area contributed by atoms with E-state index in [1.807, 2.05) is 24.3 Å². The van der Waals surface area contributed by atoms with Gasteiger partial charge in [0.2, 0.25) is 11.8 Å². The largest absolute Gasteiger partial charge is 0.354 e. The van der Waals surface area contributed by atoms with Crippen molar-refractivity contribution in [2.24, 2.45) is 0 Å². The molecule has 0 aromatic heterocycles. The van der Waals surface area contributed by atoms with Gasteiger partial charge in [-0.05, 0) is 18.2 Å². The lowest BCUT2D eigenvalue weighted by Crippen LogP contribution is -2.37. The third kappa shape index (κ3) is 3.82. The van der Waals surface area contributed by atoms with Crippen LogP contribution < -0.4 is 16.0 Å². The Bertz CT molecular complexity index is 464. The predicted octanol–water partition coefficient (Wildman–Crippen LogP) is 0.866. The highest BCUT2D eigenvalue weighted by Crippen LogP contribution is 2.15. The van der Waals surface area contributed by atoms with Gasteiger partial charge in [-0.3, -0.25) is 9.59 Å². The van der Waals surface area contributed by atoms with Crippen molar-refractivity contribution in [1.82, 2.24) is 10.6 Å². The lowest BCUT2D eigenvalue weighted by molar-refractivity contribution is -0.119. The number of hydrogen-bond acceptors (Lipinski definition) is 3. The standard InChI is InChI=1S/C12H14BrN3O2/c13-8-2-1-3-9(4-8)16-12(18)7-14-10-5-11(17)15-6-10/h1-4,10,14H,5-7H2,(H,15,17)(H,16,18). The van der Waals surface area contributed by atoms with Crippen LogP contribution in [0.4, 0.5) is 5.69 Å². The Morgan fingerprint density at radius 3 is 3.00 bits per heavy atom. The van der Waals surface area contributed by atoms with Crippen LogP contribution in [0, 0.1) is 0 Å². The van der Waals surface area contributed by atoms with E-state index in [-0.39, 0.29) is 24.4 Å². The SMILES string of the molecule is O=C1CC(NCC(=O)Nc2cccc(Br)c2)CN1. The van der Waals surface area contributed by atoms with Gasteiger partial charge in [-0.15, -0.1) is 0 Å². The van der Waals surface area contributed by atoms with Crippen LogP contribution in [0.15, 0.2) is 28.7 Å². The fraction of sp³-hybridized carbons (Fsp3) is 0.333. The van der Waals surface area contributed by atoms with Crippen molar-refractivity contribution in [3.63, 3.8) is 0 Å². The van der Waals surface area contributed by atoms with Crippen molar-refractivity contribution in [3.8, 4) is 0 Å². The predicted molar refractivity (Wildman–Crippen MR) is 72.2 cm³/mol. The second-order valence-corrected chi connectivity index (χ2v) is 5.06. The zero-order valence-electron chi connectivity index (χ0n) is 9.70. The Labute approximate surface area is 113 Å². The molecule has 1 aromatic rings. The highest BCUT2D eigenvalue weighted by molar-refractivity contribution is 9.10. The van der Waals surface area contributed by atoms with Crippen LogP contribution >= 0.6 is 15.9 Å². The number of hydrogen-bond donors (Lipinski definition) is 3. The first-order valence-corrected chi connectivity index (χ1v) is 6.48. The maximum Gasteiger partial charge on any atom is 0.238 e. The van der Waals surface area contributed by atoms with Gasteiger partial charge >= 0.3 is 0 Å². The van der Waals surface area contributed by atoms with Gasteiger partial charge in [-0.25, -0.2) is 0 Å². The van der Waals surface area contributed by atoms with E-state index in [9.17, 15) is 9.59 Å². The molecule has 6 heteroatoms. The summed E-state index contributed by atoms with van der Waals surface area (Å²) in [5.74, 6) is -0.0904. The molecule has 2 amide bonds. The van der Waals surface area contributed by atoms with Crippen LogP contribution in [0.5, 0.6) is 0 Å². The Kier molecular flexibility index (Phi) is 4.33. The topological polar surface area (TPSA) is 70.2 Å². The van der Waals surface area contributed by atoms with Gasteiger partial charge in [0.25, 0.3) is 0 Å². The van der Waals surface area contributed by atoms with E-state index in [1.165, 1.54) is 0 Å². The smallest absolute Gasteiger partial charge is 0.238 e. The molecule has 1 fully saturated rings. The van der Waals surface area contributed by atoms with Crippen LogP contribution in [-0.4, -0.2) is 30.9 Å². The molecule has 1 aliphatic rings. The lowest BCUT2D eigenvalue weighted by atomic mass is 10.2. The molecule has 0 aliphatic carbocycles. The summed E-state index contributed by atoms with van der Waals surface area (Å²) in [6.07, 6.45) is 0.435. The summed E-state index contributed by atoms with van der Waals surface area (Å²) in [5, 5.41) is 8.53. The third-order valence-corrected chi connectivity index (χ3v) is 3.13. The van der Waals surface area contributed by atoms with E-state index in [0.29, 0.717) is 13.0 Å². The summed E-state index contributed by atoms with van der Waals surface area (Å²) in [7, 11) is 0. The summed E-state index contributed by atoms with van der Waals surface area (Å²) in [5.41, 5.74) is 0.747. The molecule has 96 valence electrons. The minimum Gasteiger partial charge on any atom is -0.354 e. The fourth-order valence-corrected chi connectivity index (χ4v) is 2.16. The highest BCUT2D eigenvalue weighted by Gasteiger charge is 2.21. The molecule has 5 nitrogen and oxygen atoms in total. The number of anilines is 1.